The molecule has 2 rings (SSSR count). The Hall–Kier alpha value is -1.16. The number of hydrogen-bond acceptors (Lipinski definition) is 2. The van der Waals surface area contributed by atoms with E-state index in [4.69, 9.17) is 0 Å². The van der Waals surface area contributed by atoms with Crippen LogP contribution in [0.5, 0.6) is 0 Å². The molecule has 0 atom stereocenters. The van der Waals surface area contributed by atoms with Crippen molar-refractivity contribution in [2.75, 3.05) is 0 Å². The van der Waals surface area contributed by atoms with E-state index in [9.17, 15) is 0 Å². The third-order valence-corrected chi connectivity index (χ3v) is 2.13. The number of hydrogen-bond donors (Lipinski definition) is 0. The Morgan fingerprint density at radius 3 is 2.69 bits per heavy atom. The van der Waals surface area contributed by atoms with Gasteiger partial charge in [0.1, 0.15) is 10.3 Å². The first-order valence-electron chi connectivity index (χ1n) is 3.88. The second kappa shape index (κ2) is 3.30. The fraction of sp³-hybridized carbons (Fsp3) is 0.111. The van der Waals surface area contributed by atoms with Crippen LogP contribution < -0.4 is 0 Å². The molecule has 3 nitrogen and oxygen atoms in total. The van der Waals surface area contributed by atoms with Crippen LogP contribution in [0.1, 0.15) is 0 Å². The lowest BCUT2D eigenvalue weighted by atomic mass is 10.3. The van der Waals surface area contributed by atoms with Crippen LogP contribution >= 0.6 is 15.9 Å². The van der Waals surface area contributed by atoms with E-state index < -0.39 is 0 Å². The number of aromatic nitrogens is 3. The lowest BCUT2D eigenvalue weighted by Gasteiger charge is -1.95. The van der Waals surface area contributed by atoms with Crippen LogP contribution in [0.4, 0.5) is 0 Å². The third-order valence-electron chi connectivity index (χ3n) is 1.69. The van der Waals surface area contributed by atoms with E-state index in [1.165, 1.54) is 0 Å². The average molecular weight is 238 g/mol. The lowest BCUT2D eigenvalue weighted by Crippen LogP contribution is -1.89. The number of rotatable bonds is 1. The highest BCUT2D eigenvalue weighted by Crippen LogP contribution is 2.16. The highest BCUT2D eigenvalue weighted by atomic mass is 79.9. The monoisotopic (exact) mass is 237 g/mol. The molecule has 0 bridgehead atoms. The molecule has 0 unspecified atom stereocenters. The van der Waals surface area contributed by atoms with Crippen LogP contribution in [-0.2, 0) is 7.05 Å². The van der Waals surface area contributed by atoms with E-state index in [-0.39, 0.29) is 0 Å². The molecule has 66 valence electrons. The summed E-state index contributed by atoms with van der Waals surface area (Å²) in [6, 6.07) is 7.72. The summed E-state index contributed by atoms with van der Waals surface area (Å²) in [7, 11) is 1.89. The summed E-state index contributed by atoms with van der Waals surface area (Å²) in [5.74, 6) is 0. The smallest absolute Gasteiger partial charge is 0.111 e. The predicted molar refractivity (Wildman–Crippen MR) is 54.1 cm³/mol. The minimum atomic E-state index is 0.829. The van der Waals surface area contributed by atoms with E-state index in [0.29, 0.717) is 0 Å². The average Bonchev–Trinajstić information content (AvgIpc) is 2.52. The lowest BCUT2D eigenvalue weighted by molar-refractivity contribution is 0.770. The van der Waals surface area contributed by atoms with Crippen molar-refractivity contribution < 1.29 is 0 Å². The molecule has 0 aliphatic carbocycles. The minimum absolute atomic E-state index is 0.829. The zero-order chi connectivity index (χ0) is 9.26. The molecule has 0 N–H and O–H groups in total. The Kier molecular flexibility index (Phi) is 2.14. The van der Waals surface area contributed by atoms with Gasteiger partial charge in [0.15, 0.2) is 0 Å². The molecule has 0 spiro atoms. The van der Waals surface area contributed by atoms with Gasteiger partial charge >= 0.3 is 0 Å². The normalized spacial score (nSPS) is 10.3. The number of halogens is 1. The van der Waals surface area contributed by atoms with E-state index >= 15 is 0 Å². The van der Waals surface area contributed by atoms with Gasteiger partial charge in [-0.2, -0.15) is 5.10 Å². The molecule has 0 aromatic carbocycles. The largest absolute Gasteiger partial charge is 0.275 e. The number of nitrogens with zero attached hydrogens (tertiary/aromatic N) is 3. The quantitative estimate of drug-likeness (QED) is 0.713. The van der Waals surface area contributed by atoms with Gasteiger partial charge in [-0.15, -0.1) is 0 Å². The summed E-state index contributed by atoms with van der Waals surface area (Å²) >= 11 is 3.32. The molecule has 2 aromatic heterocycles. The van der Waals surface area contributed by atoms with E-state index in [1.54, 1.807) is 4.68 Å². The molecule has 13 heavy (non-hydrogen) atoms. The zero-order valence-electron chi connectivity index (χ0n) is 7.11. The standard InChI is InChI=1S/C9H8BrN3/c1-13-6-5-8(12-13)7-3-2-4-9(10)11-7/h2-6H,1H3. The molecule has 2 heterocycles. The predicted octanol–water partition coefficient (Wildman–Crippen LogP) is 2.24. The molecule has 0 saturated carbocycles. The van der Waals surface area contributed by atoms with Crippen LogP contribution in [0.25, 0.3) is 11.4 Å². The summed E-state index contributed by atoms with van der Waals surface area (Å²) in [5.41, 5.74) is 1.78. The Balaban J connectivity index is 2.46. The second-order valence-electron chi connectivity index (χ2n) is 2.72. The van der Waals surface area contributed by atoms with Crippen LogP contribution in [0.2, 0.25) is 0 Å². The van der Waals surface area contributed by atoms with Gasteiger partial charge in [-0.1, -0.05) is 6.07 Å². The molecular formula is C9H8BrN3. The van der Waals surface area contributed by atoms with Gasteiger partial charge in [0, 0.05) is 13.2 Å². The first-order chi connectivity index (χ1) is 6.25. The highest BCUT2D eigenvalue weighted by molar-refractivity contribution is 9.10. The summed E-state index contributed by atoms with van der Waals surface area (Å²) in [4.78, 5) is 4.30. The van der Waals surface area contributed by atoms with Gasteiger partial charge in [0.25, 0.3) is 0 Å². The Bertz CT molecular complexity index is 422. The van der Waals surface area contributed by atoms with Crippen molar-refractivity contribution >= 4 is 15.9 Å². The summed E-state index contributed by atoms with van der Waals surface area (Å²) < 4.78 is 2.59. The van der Waals surface area contributed by atoms with Gasteiger partial charge in [-0.05, 0) is 34.1 Å². The maximum Gasteiger partial charge on any atom is 0.111 e. The zero-order valence-corrected chi connectivity index (χ0v) is 8.69. The van der Waals surface area contributed by atoms with Crippen molar-refractivity contribution in [1.82, 2.24) is 14.8 Å². The van der Waals surface area contributed by atoms with Crippen LogP contribution in [0.3, 0.4) is 0 Å². The Labute approximate surface area is 84.5 Å². The maximum absolute atomic E-state index is 4.30. The molecule has 0 aliphatic rings. The molecule has 4 heteroatoms. The summed E-state index contributed by atoms with van der Waals surface area (Å²) in [6.45, 7) is 0. The van der Waals surface area contributed by atoms with Gasteiger partial charge in [-0.3, -0.25) is 4.68 Å². The summed E-state index contributed by atoms with van der Waals surface area (Å²) in [5, 5.41) is 4.26. The third kappa shape index (κ3) is 1.78. The SMILES string of the molecule is Cn1ccc(-c2cccc(Br)n2)n1. The molecule has 0 amide bonds. The van der Waals surface area contributed by atoms with Gasteiger partial charge < -0.3 is 0 Å². The highest BCUT2D eigenvalue weighted by Gasteiger charge is 2.01. The van der Waals surface area contributed by atoms with Gasteiger partial charge in [0.05, 0.1) is 5.69 Å². The van der Waals surface area contributed by atoms with Crippen molar-refractivity contribution in [3.8, 4) is 11.4 Å². The molecule has 2 aromatic rings. The van der Waals surface area contributed by atoms with Crippen molar-refractivity contribution in [3.63, 3.8) is 0 Å². The minimum Gasteiger partial charge on any atom is -0.275 e. The van der Waals surface area contributed by atoms with E-state index in [1.807, 2.05) is 37.5 Å². The van der Waals surface area contributed by atoms with Crippen molar-refractivity contribution in [3.05, 3.63) is 35.1 Å². The maximum atomic E-state index is 4.30. The van der Waals surface area contributed by atoms with Crippen molar-refractivity contribution in [1.29, 1.82) is 0 Å². The summed E-state index contributed by atoms with van der Waals surface area (Å²) in [6.07, 6.45) is 1.90. The topological polar surface area (TPSA) is 30.7 Å². The van der Waals surface area contributed by atoms with Crippen molar-refractivity contribution in [2.45, 2.75) is 0 Å². The fourth-order valence-electron chi connectivity index (χ4n) is 1.10. The Morgan fingerprint density at radius 2 is 2.08 bits per heavy atom. The number of pyridine rings is 1. The van der Waals surface area contributed by atoms with Crippen LogP contribution in [-0.4, -0.2) is 14.8 Å². The van der Waals surface area contributed by atoms with Gasteiger partial charge in [0.2, 0.25) is 0 Å². The fourth-order valence-corrected chi connectivity index (χ4v) is 1.45. The number of aryl methyl sites for hydroxylation is 1. The van der Waals surface area contributed by atoms with Crippen molar-refractivity contribution in [2.24, 2.45) is 7.05 Å². The molecule has 0 saturated heterocycles. The first-order valence-corrected chi connectivity index (χ1v) is 4.67. The van der Waals surface area contributed by atoms with Crippen LogP contribution in [0, 0.1) is 0 Å². The van der Waals surface area contributed by atoms with Crippen LogP contribution in [0.15, 0.2) is 35.1 Å². The molecular weight excluding hydrogens is 230 g/mol. The van der Waals surface area contributed by atoms with E-state index in [2.05, 4.69) is 26.0 Å². The molecule has 0 aliphatic heterocycles. The molecule has 0 radical (unpaired) electrons. The van der Waals surface area contributed by atoms with E-state index in [0.717, 1.165) is 16.0 Å². The first kappa shape index (κ1) is 8.44. The molecule has 0 fully saturated rings. The Morgan fingerprint density at radius 1 is 1.23 bits per heavy atom. The second-order valence-corrected chi connectivity index (χ2v) is 3.53. The van der Waals surface area contributed by atoms with Gasteiger partial charge in [-0.25, -0.2) is 4.98 Å².